The molecule has 2 heterocycles. The summed E-state index contributed by atoms with van der Waals surface area (Å²) in [6, 6.07) is 31.1. The van der Waals surface area contributed by atoms with Crippen molar-refractivity contribution >= 4 is 21.5 Å². The predicted molar refractivity (Wildman–Crippen MR) is 146 cm³/mol. The zero-order chi connectivity index (χ0) is 24.6. The minimum absolute atomic E-state index is 0.659. The smallest absolute Gasteiger partial charge is 0.190 e. The molecule has 2 heteroatoms. The van der Waals surface area contributed by atoms with Gasteiger partial charge in [0.15, 0.2) is 25.5 Å². The molecule has 5 aromatic rings. The SMILES string of the molecule is C#CCC[n+]1ccc2ccccc2c1C#Cc1c2ccccc2cc[n+]1CCC#Cc1ccccc1. The number of hydrogen-bond donors (Lipinski definition) is 0. The second kappa shape index (κ2) is 11.1. The number of pyridine rings is 2. The quantitative estimate of drug-likeness (QED) is 0.248. The normalized spacial score (nSPS) is 10.2. The van der Waals surface area contributed by atoms with Crippen LogP contribution in [0.25, 0.3) is 21.5 Å². The second-order valence-electron chi connectivity index (χ2n) is 8.51. The summed E-state index contributed by atoms with van der Waals surface area (Å²) in [5, 5.41) is 4.61. The van der Waals surface area contributed by atoms with Crippen molar-refractivity contribution in [3.63, 3.8) is 0 Å². The number of aryl methyl sites for hydroxylation is 2. The van der Waals surface area contributed by atoms with Gasteiger partial charge in [0.1, 0.15) is 0 Å². The number of terminal acetylenes is 1. The van der Waals surface area contributed by atoms with Crippen LogP contribution in [-0.4, -0.2) is 0 Å². The molecule has 2 aromatic heterocycles. The van der Waals surface area contributed by atoms with Gasteiger partial charge >= 0.3 is 0 Å². The summed E-state index contributed by atoms with van der Waals surface area (Å²) < 4.78 is 4.38. The minimum atomic E-state index is 0.659. The van der Waals surface area contributed by atoms with Gasteiger partial charge in [0.2, 0.25) is 0 Å². The zero-order valence-electron chi connectivity index (χ0n) is 20.1. The third-order valence-electron chi connectivity index (χ3n) is 6.15. The van der Waals surface area contributed by atoms with E-state index >= 15 is 0 Å². The molecule has 0 saturated carbocycles. The maximum atomic E-state index is 5.57. The molecule has 3 aromatic carbocycles. The van der Waals surface area contributed by atoms with Gasteiger partial charge < -0.3 is 0 Å². The van der Waals surface area contributed by atoms with Crippen molar-refractivity contribution in [1.29, 1.82) is 0 Å². The first kappa shape index (κ1) is 22.9. The fraction of sp³-hybridized carbons (Fsp3) is 0.118. The van der Waals surface area contributed by atoms with E-state index in [0.29, 0.717) is 6.42 Å². The molecule has 5 rings (SSSR count). The molecule has 0 amide bonds. The van der Waals surface area contributed by atoms with Crippen LogP contribution in [-0.2, 0) is 13.1 Å². The van der Waals surface area contributed by atoms with Crippen LogP contribution in [0.5, 0.6) is 0 Å². The van der Waals surface area contributed by atoms with Crippen LogP contribution in [0.1, 0.15) is 29.8 Å². The van der Waals surface area contributed by atoms with E-state index in [-0.39, 0.29) is 0 Å². The first-order valence-electron chi connectivity index (χ1n) is 12.2. The summed E-state index contributed by atoms with van der Waals surface area (Å²) in [7, 11) is 0. The predicted octanol–water partition coefficient (Wildman–Crippen LogP) is 5.43. The molecule has 0 saturated heterocycles. The molecule has 0 aliphatic heterocycles. The number of benzene rings is 3. The molecular formula is C34H26N2+2. The first-order valence-corrected chi connectivity index (χ1v) is 12.2. The Bertz CT molecular complexity index is 1700. The highest BCUT2D eigenvalue weighted by atomic mass is 15.0. The molecular weight excluding hydrogens is 436 g/mol. The van der Waals surface area contributed by atoms with Gasteiger partial charge in [0.25, 0.3) is 11.4 Å². The van der Waals surface area contributed by atoms with E-state index < -0.39 is 0 Å². The average Bonchev–Trinajstić information content (AvgIpc) is 2.94. The maximum absolute atomic E-state index is 5.57. The van der Waals surface area contributed by atoms with Gasteiger partial charge in [-0.05, 0) is 35.0 Å². The van der Waals surface area contributed by atoms with Crippen LogP contribution < -0.4 is 9.13 Å². The van der Waals surface area contributed by atoms with Gasteiger partial charge in [0, 0.05) is 29.5 Å². The highest BCUT2D eigenvalue weighted by molar-refractivity contribution is 5.87. The molecule has 2 nitrogen and oxygen atoms in total. The molecule has 36 heavy (non-hydrogen) atoms. The molecule has 0 unspecified atom stereocenters. The van der Waals surface area contributed by atoms with Gasteiger partial charge in [-0.25, -0.2) is 0 Å². The Morgan fingerprint density at radius 2 is 1.08 bits per heavy atom. The second-order valence-corrected chi connectivity index (χ2v) is 8.51. The van der Waals surface area contributed by atoms with Gasteiger partial charge in [-0.15, -0.1) is 12.3 Å². The summed E-state index contributed by atoms with van der Waals surface area (Å²) >= 11 is 0. The van der Waals surface area contributed by atoms with E-state index in [1.165, 1.54) is 10.8 Å². The fourth-order valence-electron chi connectivity index (χ4n) is 4.33. The van der Waals surface area contributed by atoms with Crippen molar-refractivity contribution in [2.45, 2.75) is 25.9 Å². The van der Waals surface area contributed by atoms with Gasteiger partial charge in [-0.1, -0.05) is 66.4 Å². The third kappa shape index (κ3) is 5.13. The number of nitrogens with zero attached hydrogens (tertiary/aromatic N) is 2. The monoisotopic (exact) mass is 462 g/mol. The molecule has 0 aliphatic rings. The summed E-state index contributed by atoms with van der Waals surface area (Å²) in [6.07, 6.45) is 11.2. The van der Waals surface area contributed by atoms with Crippen molar-refractivity contribution in [2.75, 3.05) is 0 Å². The van der Waals surface area contributed by atoms with E-state index in [1.54, 1.807) is 0 Å². The standard InChI is InChI=1S/C34H26N2/c1-2-3-24-35-26-22-29-16-7-9-18-31(29)33(35)20-21-34-32-19-10-8-17-30(32)23-27-36(34)25-12-11-15-28-13-5-4-6-14-28/h1,4-10,13-14,16-19,22-23,26-27H,3,12,24-25H2/q+2. The van der Waals surface area contributed by atoms with Gasteiger partial charge in [-0.3, -0.25) is 0 Å². The van der Waals surface area contributed by atoms with E-state index in [0.717, 1.165) is 47.2 Å². The summed E-state index contributed by atoms with van der Waals surface area (Å²) in [6.45, 7) is 1.50. The van der Waals surface area contributed by atoms with Crippen LogP contribution >= 0.6 is 0 Å². The van der Waals surface area contributed by atoms with Crippen molar-refractivity contribution < 1.29 is 9.13 Å². The largest absolute Gasteiger partial charge is 0.265 e. The molecule has 0 N–H and O–H groups in total. The Labute approximate surface area is 212 Å². The van der Waals surface area contributed by atoms with E-state index in [2.05, 4.69) is 112 Å². The topological polar surface area (TPSA) is 7.76 Å². The van der Waals surface area contributed by atoms with Crippen molar-refractivity contribution in [2.24, 2.45) is 0 Å². The Balaban J connectivity index is 1.56. The summed E-state index contributed by atoms with van der Waals surface area (Å²) in [5.74, 6) is 16.4. The Morgan fingerprint density at radius 3 is 1.67 bits per heavy atom. The minimum Gasteiger partial charge on any atom is -0.190 e. The van der Waals surface area contributed by atoms with Gasteiger partial charge in [-0.2, -0.15) is 9.13 Å². The molecule has 0 radical (unpaired) electrons. The third-order valence-corrected chi connectivity index (χ3v) is 6.15. The van der Waals surface area contributed by atoms with Crippen LogP contribution in [0.15, 0.2) is 103 Å². The highest BCUT2D eigenvalue weighted by Crippen LogP contribution is 2.17. The number of fused-ring (bicyclic) bond motifs is 2. The van der Waals surface area contributed by atoms with Crippen LogP contribution in [0.2, 0.25) is 0 Å². The highest BCUT2D eigenvalue weighted by Gasteiger charge is 2.16. The first-order chi connectivity index (χ1) is 17.8. The lowest BCUT2D eigenvalue weighted by molar-refractivity contribution is -0.698. The van der Waals surface area contributed by atoms with E-state index in [4.69, 9.17) is 6.42 Å². The Kier molecular flexibility index (Phi) is 7.04. The van der Waals surface area contributed by atoms with E-state index in [1.807, 2.05) is 30.3 Å². The average molecular weight is 463 g/mol. The Hall–Kier alpha value is -4.84. The van der Waals surface area contributed by atoms with Crippen LogP contribution in [0.3, 0.4) is 0 Å². The fourth-order valence-corrected chi connectivity index (χ4v) is 4.33. The molecule has 0 atom stereocenters. The summed E-state index contributed by atoms with van der Waals surface area (Å²) in [4.78, 5) is 0. The number of aromatic nitrogens is 2. The van der Waals surface area contributed by atoms with Crippen molar-refractivity contribution in [3.8, 4) is 36.0 Å². The molecule has 0 spiro atoms. The zero-order valence-corrected chi connectivity index (χ0v) is 20.1. The number of rotatable bonds is 4. The molecule has 0 fully saturated rings. The van der Waals surface area contributed by atoms with Gasteiger partial charge in [0.05, 0.1) is 23.6 Å². The lowest BCUT2D eigenvalue weighted by atomic mass is 10.1. The summed E-state index contributed by atoms with van der Waals surface area (Å²) in [5.41, 5.74) is 3.01. The van der Waals surface area contributed by atoms with Crippen LogP contribution in [0, 0.1) is 36.0 Å². The lowest BCUT2D eigenvalue weighted by Crippen LogP contribution is -2.38. The van der Waals surface area contributed by atoms with Crippen LogP contribution in [0.4, 0.5) is 0 Å². The molecule has 170 valence electrons. The molecule has 0 aliphatic carbocycles. The lowest BCUT2D eigenvalue weighted by Gasteiger charge is -2.03. The van der Waals surface area contributed by atoms with E-state index in [9.17, 15) is 0 Å². The molecule has 0 bridgehead atoms. The Morgan fingerprint density at radius 1 is 0.556 bits per heavy atom. The number of hydrogen-bond acceptors (Lipinski definition) is 0. The van der Waals surface area contributed by atoms with Crippen molar-refractivity contribution in [3.05, 3.63) is 120 Å². The maximum Gasteiger partial charge on any atom is 0.265 e. The van der Waals surface area contributed by atoms with Crippen molar-refractivity contribution in [1.82, 2.24) is 0 Å².